The number of benzene rings is 3. The summed E-state index contributed by atoms with van der Waals surface area (Å²) in [5, 5.41) is 0. The second-order valence-electron chi connectivity index (χ2n) is 7.49. The van der Waals surface area contributed by atoms with Crippen molar-refractivity contribution in [3.05, 3.63) is 90.2 Å². The van der Waals surface area contributed by atoms with E-state index in [9.17, 15) is 17.6 Å². The van der Waals surface area contributed by atoms with E-state index in [1.807, 2.05) is 18.2 Å². The van der Waals surface area contributed by atoms with Gasteiger partial charge >= 0.3 is 10.1 Å². The Kier molecular flexibility index (Phi) is 6.41. The first-order valence-electron chi connectivity index (χ1n) is 10.2. The van der Waals surface area contributed by atoms with Crippen LogP contribution in [-0.4, -0.2) is 31.9 Å². The average molecular weight is 456 g/mol. The van der Waals surface area contributed by atoms with Crippen molar-refractivity contribution in [1.82, 2.24) is 4.90 Å². The van der Waals surface area contributed by atoms with Gasteiger partial charge < -0.3 is 13.8 Å². The van der Waals surface area contributed by atoms with Crippen LogP contribution in [0.5, 0.6) is 11.5 Å². The van der Waals surface area contributed by atoms with Crippen LogP contribution in [-0.2, 0) is 21.5 Å². The molecule has 0 N–H and O–H groups in total. The Balaban J connectivity index is 1.38. The standard InChI is InChI=1S/C24H22FNO5S/c25-19-8-14-23(15-9-19)32(28,29)31-22-12-6-18(7-13-22)16-26(20-10-11-20)24(27)17-30-21-4-2-1-3-5-21/h1-9,12-15,20H,10-11,16-17H2. The number of hydrogen-bond acceptors (Lipinski definition) is 5. The van der Waals surface area contributed by atoms with E-state index in [0.717, 1.165) is 42.7 Å². The van der Waals surface area contributed by atoms with Crippen LogP contribution in [0.15, 0.2) is 83.8 Å². The predicted molar refractivity (Wildman–Crippen MR) is 116 cm³/mol. The Morgan fingerprint density at radius 3 is 2.19 bits per heavy atom. The zero-order chi connectivity index (χ0) is 22.6. The van der Waals surface area contributed by atoms with Crippen molar-refractivity contribution in [1.29, 1.82) is 0 Å². The molecule has 1 amide bonds. The highest BCUT2D eigenvalue weighted by Gasteiger charge is 2.32. The summed E-state index contributed by atoms with van der Waals surface area (Å²) < 4.78 is 48.4. The molecule has 166 valence electrons. The molecule has 3 aromatic carbocycles. The fourth-order valence-electron chi connectivity index (χ4n) is 3.17. The Morgan fingerprint density at radius 2 is 1.56 bits per heavy atom. The first-order chi connectivity index (χ1) is 15.4. The van der Waals surface area contributed by atoms with Crippen LogP contribution >= 0.6 is 0 Å². The normalized spacial score (nSPS) is 13.4. The van der Waals surface area contributed by atoms with Crippen LogP contribution in [0, 0.1) is 5.82 Å². The van der Waals surface area contributed by atoms with Crippen molar-refractivity contribution in [2.45, 2.75) is 30.3 Å². The number of nitrogens with zero attached hydrogens (tertiary/aromatic N) is 1. The minimum atomic E-state index is -4.06. The molecule has 6 nitrogen and oxygen atoms in total. The molecule has 0 spiro atoms. The van der Waals surface area contributed by atoms with Crippen molar-refractivity contribution in [3.8, 4) is 11.5 Å². The Morgan fingerprint density at radius 1 is 0.906 bits per heavy atom. The SMILES string of the molecule is O=C(COc1ccccc1)N(Cc1ccc(OS(=O)(=O)c2ccc(F)cc2)cc1)C1CC1. The van der Waals surface area contributed by atoms with E-state index >= 15 is 0 Å². The number of carbonyl (C=O) groups is 1. The summed E-state index contributed by atoms with van der Waals surface area (Å²) >= 11 is 0. The molecule has 0 aliphatic heterocycles. The summed E-state index contributed by atoms with van der Waals surface area (Å²) in [7, 11) is -4.06. The molecule has 3 aromatic rings. The highest BCUT2D eigenvalue weighted by molar-refractivity contribution is 7.87. The first-order valence-corrected chi connectivity index (χ1v) is 11.6. The smallest absolute Gasteiger partial charge is 0.339 e. The number of para-hydroxylation sites is 1. The molecule has 0 aromatic heterocycles. The summed E-state index contributed by atoms with van der Waals surface area (Å²) in [6.07, 6.45) is 1.91. The topological polar surface area (TPSA) is 72.9 Å². The maximum Gasteiger partial charge on any atom is 0.339 e. The van der Waals surface area contributed by atoms with Crippen molar-refractivity contribution < 1.29 is 26.5 Å². The fourth-order valence-corrected chi connectivity index (χ4v) is 4.11. The molecule has 1 fully saturated rings. The number of hydrogen-bond donors (Lipinski definition) is 0. The third kappa shape index (κ3) is 5.64. The molecular weight excluding hydrogens is 433 g/mol. The lowest BCUT2D eigenvalue weighted by Gasteiger charge is -2.23. The van der Waals surface area contributed by atoms with Crippen LogP contribution in [0.25, 0.3) is 0 Å². The largest absolute Gasteiger partial charge is 0.484 e. The number of halogens is 1. The molecule has 0 saturated heterocycles. The fraction of sp³-hybridized carbons (Fsp3) is 0.208. The van der Waals surface area contributed by atoms with Crippen molar-refractivity contribution in [3.63, 3.8) is 0 Å². The number of amides is 1. The molecule has 0 radical (unpaired) electrons. The lowest BCUT2D eigenvalue weighted by atomic mass is 10.2. The third-order valence-corrected chi connectivity index (χ3v) is 6.26. The van der Waals surface area contributed by atoms with E-state index in [-0.39, 0.29) is 29.2 Å². The monoisotopic (exact) mass is 455 g/mol. The number of ether oxygens (including phenoxy) is 1. The lowest BCUT2D eigenvalue weighted by molar-refractivity contribution is -0.134. The molecule has 0 bridgehead atoms. The predicted octanol–water partition coefficient (Wildman–Crippen LogP) is 4.16. The molecule has 0 unspecified atom stereocenters. The van der Waals surface area contributed by atoms with Gasteiger partial charge in [0.05, 0.1) is 0 Å². The first kappa shape index (κ1) is 21.8. The van der Waals surface area contributed by atoms with E-state index in [1.54, 1.807) is 29.2 Å². The van der Waals surface area contributed by atoms with Crippen LogP contribution in [0.1, 0.15) is 18.4 Å². The summed E-state index contributed by atoms with van der Waals surface area (Å²) in [6.45, 7) is 0.351. The van der Waals surface area contributed by atoms with E-state index < -0.39 is 15.9 Å². The molecule has 8 heteroatoms. The van der Waals surface area contributed by atoms with Gasteiger partial charge in [-0.25, -0.2) is 4.39 Å². The minimum absolute atomic E-state index is 0.0440. The molecule has 1 saturated carbocycles. The summed E-state index contributed by atoms with van der Waals surface area (Å²) in [6, 6.07) is 20.3. The van der Waals surface area contributed by atoms with Crippen molar-refractivity contribution in [2.75, 3.05) is 6.61 Å². The van der Waals surface area contributed by atoms with Crippen LogP contribution < -0.4 is 8.92 Å². The number of carbonyl (C=O) groups excluding carboxylic acids is 1. The summed E-state index contributed by atoms with van der Waals surface area (Å²) in [5.74, 6) is 0.142. The molecule has 32 heavy (non-hydrogen) atoms. The second-order valence-corrected chi connectivity index (χ2v) is 9.04. The molecule has 0 atom stereocenters. The van der Waals surface area contributed by atoms with E-state index in [2.05, 4.69) is 0 Å². The van der Waals surface area contributed by atoms with Crippen LogP contribution in [0.2, 0.25) is 0 Å². The lowest BCUT2D eigenvalue weighted by Crippen LogP contribution is -2.36. The zero-order valence-corrected chi connectivity index (χ0v) is 18.0. The van der Waals surface area contributed by atoms with Gasteiger partial charge in [0.25, 0.3) is 5.91 Å². The maximum absolute atomic E-state index is 13.0. The van der Waals surface area contributed by atoms with Crippen molar-refractivity contribution >= 4 is 16.0 Å². The van der Waals surface area contributed by atoms with Gasteiger partial charge in [-0.1, -0.05) is 30.3 Å². The molecule has 4 rings (SSSR count). The Hall–Kier alpha value is -3.39. The average Bonchev–Trinajstić information content (AvgIpc) is 3.63. The maximum atomic E-state index is 13.0. The van der Waals surface area contributed by atoms with Gasteiger partial charge in [0, 0.05) is 12.6 Å². The highest BCUT2D eigenvalue weighted by atomic mass is 32.2. The van der Waals surface area contributed by atoms with Crippen LogP contribution in [0.3, 0.4) is 0 Å². The zero-order valence-electron chi connectivity index (χ0n) is 17.2. The summed E-state index contributed by atoms with van der Waals surface area (Å²) in [5.41, 5.74) is 0.844. The van der Waals surface area contributed by atoms with Gasteiger partial charge in [-0.2, -0.15) is 8.42 Å². The third-order valence-electron chi connectivity index (χ3n) is 5.00. The van der Waals surface area contributed by atoms with E-state index in [1.165, 1.54) is 12.1 Å². The number of rotatable bonds is 9. The molecule has 1 aliphatic carbocycles. The van der Waals surface area contributed by atoms with Gasteiger partial charge in [0.15, 0.2) is 6.61 Å². The molecule has 0 heterocycles. The summed E-state index contributed by atoms with van der Waals surface area (Å²) in [4.78, 5) is 14.4. The van der Waals surface area contributed by atoms with E-state index in [0.29, 0.717) is 12.3 Å². The van der Waals surface area contributed by atoms with Gasteiger partial charge in [0.1, 0.15) is 22.2 Å². The minimum Gasteiger partial charge on any atom is -0.484 e. The Bertz CT molecular complexity index is 1160. The van der Waals surface area contributed by atoms with Crippen molar-refractivity contribution in [2.24, 2.45) is 0 Å². The van der Waals surface area contributed by atoms with Crippen LogP contribution in [0.4, 0.5) is 4.39 Å². The Labute approximate surface area is 186 Å². The molecular formula is C24H22FNO5S. The van der Waals surface area contributed by atoms with Gasteiger partial charge in [-0.05, 0) is 66.9 Å². The van der Waals surface area contributed by atoms with Gasteiger partial charge in [0.2, 0.25) is 0 Å². The highest BCUT2D eigenvalue weighted by Crippen LogP contribution is 2.29. The van der Waals surface area contributed by atoms with Gasteiger partial charge in [-0.15, -0.1) is 0 Å². The second kappa shape index (κ2) is 9.40. The molecule has 1 aliphatic rings. The van der Waals surface area contributed by atoms with Gasteiger partial charge in [-0.3, -0.25) is 4.79 Å². The van der Waals surface area contributed by atoms with E-state index in [4.69, 9.17) is 8.92 Å². The quantitative estimate of drug-likeness (QED) is 0.453.